The first kappa shape index (κ1) is 11.8. The van der Waals surface area contributed by atoms with E-state index in [-0.39, 0.29) is 0 Å². The number of nitrogens with one attached hydrogen (secondary N) is 2. The van der Waals surface area contributed by atoms with Crippen LogP contribution in [0.4, 0.5) is 16.2 Å². The summed E-state index contributed by atoms with van der Waals surface area (Å²) in [6.45, 7) is 0. The Kier molecular flexibility index (Phi) is 3.66. The van der Waals surface area contributed by atoms with Crippen LogP contribution in [-0.2, 0) is 0 Å². The van der Waals surface area contributed by atoms with E-state index in [1.807, 2.05) is 48.5 Å². The smallest absolute Gasteiger partial charge is 0.290 e. The molecule has 2 rings (SSSR count). The average Bonchev–Trinajstić information content (AvgIpc) is 2.46. The monoisotopic (exact) mass is 240 g/mol. The van der Waals surface area contributed by atoms with Crippen LogP contribution in [0, 0.1) is 5.53 Å². The summed E-state index contributed by atoms with van der Waals surface area (Å²) in [7, 11) is 0. The van der Waals surface area contributed by atoms with Crippen molar-refractivity contribution in [2.45, 2.75) is 0 Å². The second kappa shape index (κ2) is 5.58. The van der Waals surface area contributed by atoms with E-state index < -0.39 is 6.03 Å². The van der Waals surface area contributed by atoms with E-state index >= 15 is 0 Å². The summed E-state index contributed by atoms with van der Waals surface area (Å²) in [6, 6.07) is 17.6. The molecule has 0 unspecified atom stereocenters. The summed E-state index contributed by atoms with van der Waals surface area (Å²) < 4.78 is 0. The van der Waals surface area contributed by atoms with Gasteiger partial charge in [-0.25, -0.2) is 9.80 Å². The molecule has 0 atom stereocenters. The highest BCUT2D eigenvalue weighted by Gasteiger charge is 2.14. The summed E-state index contributed by atoms with van der Waals surface area (Å²) in [5, 5.41) is 4.16. The number of hydrogen-bond acceptors (Lipinski definition) is 3. The fourth-order valence-corrected chi connectivity index (χ4v) is 1.49. The lowest BCUT2D eigenvalue weighted by Gasteiger charge is -2.21. The topological polar surface area (TPSA) is 68.5 Å². The number of carbonyl (C=O) groups is 1. The van der Waals surface area contributed by atoms with Gasteiger partial charge in [0.05, 0.1) is 11.4 Å². The molecule has 0 saturated heterocycles. The van der Waals surface area contributed by atoms with E-state index in [0.29, 0.717) is 5.69 Å². The Bertz CT molecular complexity index is 527. The number of hydrogen-bond donors (Lipinski definition) is 2. The van der Waals surface area contributed by atoms with Gasteiger partial charge in [-0.1, -0.05) is 41.5 Å². The Morgan fingerprint density at radius 1 is 1.00 bits per heavy atom. The number of urea groups is 1. The maximum absolute atomic E-state index is 11.6. The van der Waals surface area contributed by atoms with Crippen molar-refractivity contribution in [3.05, 3.63) is 60.7 Å². The van der Waals surface area contributed by atoms with Crippen LogP contribution in [0.25, 0.3) is 0 Å². The predicted molar refractivity (Wildman–Crippen MR) is 69.5 cm³/mol. The Labute approximate surface area is 105 Å². The zero-order valence-corrected chi connectivity index (χ0v) is 9.58. The Hall–Kier alpha value is -2.69. The van der Waals surface area contributed by atoms with Crippen LogP contribution in [0.2, 0.25) is 0 Å². The quantitative estimate of drug-likeness (QED) is 0.634. The van der Waals surface area contributed by atoms with E-state index in [1.54, 1.807) is 12.1 Å². The molecule has 5 nitrogen and oxygen atoms in total. The van der Waals surface area contributed by atoms with Crippen LogP contribution >= 0.6 is 0 Å². The van der Waals surface area contributed by atoms with Gasteiger partial charge in [0.15, 0.2) is 0 Å². The van der Waals surface area contributed by atoms with Crippen LogP contribution in [0.15, 0.2) is 65.8 Å². The Balaban J connectivity index is 2.27. The van der Waals surface area contributed by atoms with Crippen LogP contribution in [-0.4, -0.2) is 6.03 Å². The van der Waals surface area contributed by atoms with Crippen molar-refractivity contribution < 1.29 is 4.79 Å². The molecule has 0 heterocycles. The molecule has 0 aliphatic rings. The van der Waals surface area contributed by atoms with Crippen molar-refractivity contribution >= 4 is 17.4 Å². The number of rotatable bonds is 3. The van der Waals surface area contributed by atoms with Crippen LogP contribution in [0.1, 0.15) is 0 Å². The number of para-hydroxylation sites is 2. The lowest BCUT2D eigenvalue weighted by molar-refractivity contribution is 0.253. The molecule has 0 radical (unpaired) electrons. The fourth-order valence-electron chi connectivity index (χ4n) is 1.49. The highest BCUT2D eigenvalue weighted by molar-refractivity contribution is 5.94. The fraction of sp³-hybridized carbons (Fsp3) is 0. The van der Waals surface area contributed by atoms with Crippen molar-refractivity contribution in [2.75, 3.05) is 10.4 Å². The largest absolute Gasteiger partial charge is 0.385 e. The molecule has 5 heteroatoms. The van der Waals surface area contributed by atoms with Gasteiger partial charge in [-0.2, -0.15) is 5.53 Å². The molecular formula is C13H12N4O. The summed E-state index contributed by atoms with van der Waals surface area (Å²) in [5.74, 6) is 0. The molecule has 0 saturated carbocycles. The van der Waals surface area contributed by atoms with Gasteiger partial charge in [-0.05, 0) is 24.3 Å². The minimum atomic E-state index is -0.676. The molecule has 0 bridgehead atoms. The molecule has 0 aliphatic heterocycles. The van der Waals surface area contributed by atoms with Crippen LogP contribution in [0.3, 0.4) is 0 Å². The number of benzene rings is 2. The molecule has 2 N–H and O–H groups in total. The van der Waals surface area contributed by atoms with Crippen LogP contribution < -0.4 is 10.4 Å². The molecule has 90 valence electrons. The summed E-state index contributed by atoms with van der Waals surface area (Å²) in [6.07, 6.45) is 0. The van der Waals surface area contributed by atoms with E-state index in [9.17, 15) is 4.79 Å². The second-order valence-corrected chi connectivity index (χ2v) is 3.54. The third-order valence-corrected chi connectivity index (χ3v) is 2.32. The first-order chi connectivity index (χ1) is 8.81. The van der Waals surface area contributed by atoms with Gasteiger partial charge in [0.25, 0.3) is 0 Å². The SMILES string of the molecule is N=NC(=O)N(Nc1ccccc1)c1ccccc1. The van der Waals surface area contributed by atoms with Gasteiger partial charge in [0.1, 0.15) is 0 Å². The van der Waals surface area contributed by atoms with E-state index in [4.69, 9.17) is 5.53 Å². The summed E-state index contributed by atoms with van der Waals surface area (Å²) in [4.78, 5) is 11.6. The first-order valence-corrected chi connectivity index (χ1v) is 5.39. The van der Waals surface area contributed by atoms with Crippen molar-refractivity contribution in [3.63, 3.8) is 0 Å². The molecule has 2 aromatic rings. The van der Waals surface area contributed by atoms with Gasteiger partial charge in [0.2, 0.25) is 0 Å². The normalized spacial score (nSPS) is 9.56. The zero-order valence-electron chi connectivity index (χ0n) is 9.58. The minimum Gasteiger partial charge on any atom is -0.290 e. The number of amides is 2. The Morgan fingerprint density at radius 2 is 1.56 bits per heavy atom. The number of nitrogens with zero attached hydrogens (tertiary/aromatic N) is 2. The van der Waals surface area contributed by atoms with Gasteiger partial charge in [-0.3, -0.25) is 5.43 Å². The molecule has 0 fully saturated rings. The summed E-state index contributed by atoms with van der Waals surface area (Å²) in [5.41, 5.74) is 11.1. The zero-order chi connectivity index (χ0) is 12.8. The van der Waals surface area contributed by atoms with Crippen molar-refractivity contribution in [1.29, 1.82) is 5.53 Å². The molecule has 0 aromatic heterocycles. The van der Waals surface area contributed by atoms with Gasteiger partial charge in [-0.15, -0.1) is 0 Å². The van der Waals surface area contributed by atoms with Crippen LogP contribution in [0.5, 0.6) is 0 Å². The minimum absolute atomic E-state index is 0.627. The van der Waals surface area contributed by atoms with Gasteiger partial charge < -0.3 is 0 Å². The van der Waals surface area contributed by atoms with E-state index in [2.05, 4.69) is 10.5 Å². The highest BCUT2D eigenvalue weighted by atomic mass is 16.2. The molecule has 0 spiro atoms. The lowest BCUT2D eigenvalue weighted by Crippen LogP contribution is -2.33. The molecule has 18 heavy (non-hydrogen) atoms. The average molecular weight is 240 g/mol. The number of carbonyl (C=O) groups excluding carboxylic acids is 1. The van der Waals surface area contributed by atoms with Gasteiger partial charge >= 0.3 is 6.03 Å². The molecule has 2 aromatic carbocycles. The highest BCUT2D eigenvalue weighted by Crippen LogP contribution is 2.16. The van der Waals surface area contributed by atoms with Crippen molar-refractivity contribution in [1.82, 2.24) is 0 Å². The van der Waals surface area contributed by atoms with Gasteiger partial charge in [0, 0.05) is 0 Å². The van der Waals surface area contributed by atoms with E-state index in [0.717, 1.165) is 5.69 Å². The summed E-state index contributed by atoms with van der Waals surface area (Å²) >= 11 is 0. The third kappa shape index (κ3) is 2.70. The standard InChI is InChI=1S/C13H12N4O/c14-15-13(18)17(12-9-5-2-6-10-12)16-11-7-3-1-4-8-11/h1-10,14,16H. The maximum Gasteiger partial charge on any atom is 0.385 e. The molecular weight excluding hydrogens is 228 g/mol. The molecule has 2 amide bonds. The first-order valence-electron chi connectivity index (χ1n) is 5.39. The second-order valence-electron chi connectivity index (χ2n) is 3.54. The Morgan fingerprint density at radius 3 is 2.11 bits per heavy atom. The lowest BCUT2D eigenvalue weighted by atomic mass is 10.3. The number of anilines is 2. The predicted octanol–water partition coefficient (Wildman–Crippen LogP) is 3.67. The van der Waals surface area contributed by atoms with Crippen molar-refractivity contribution in [2.24, 2.45) is 5.11 Å². The van der Waals surface area contributed by atoms with E-state index in [1.165, 1.54) is 5.01 Å². The van der Waals surface area contributed by atoms with Crippen molar-refractivity contribution in [3.8, 4) is 0 Å². The third-order valence-electron chi connectivity index (χ3n) is 2.32. The molecule has 0 aliphatic carbocycles. The maximum atomic E-state index is 11.6. The number of hydrazine groups is 1.